The quantitative estimate of drug-likeness (QED) is 0.623. The summed E-state index contributed by atoms with van der Waals surface area (Å²) >= 11 is 0. The number of hydrogen-bond donors (Lipinski definition) is 4. The molecule has 0 aliphatic heterocycles. The molecule has 0 spiro atoms. The van der Waals surface area contributed by atoms with Crippen molar-refractivity contribution in [3.8, 4) is 0 Å². The molecule has 8 heteroatoms. The molecule has 0 saturated carbocycles. The van der Waals surface area contributed by atoms with Crippen LogP contribution in [-0.2, 0) is 11.2 Å². The fourth-order valence-electron chi connectivity index (χ4n) is 1.20. The van der Waals surface area contributed by atoms with E-state index in [1.165, 1.54) is 24.8 Å². The number of carbonyl (C=O) groups is 2. The van der Waals surface area contributed by atoms with E-state index >= 15 is 0 Å². The highest BCUT2D eigenvalue weighted by Gasteiger charge is 2.12. The average molecular weight is 278 g/mol. The molecule has 0 aliphatic carbocycles. The number of pyridine rings is 1. The van der Waals surface area contributed by atoms with Gasteiger partial charge in [0.2, 0.25) is 0 Å². The molecule has 5 N–H and O–H groups in total. The minimum absolute atomic E-state index is 0.220. The number of hydrogen-bond acceptors (Lipinski definition) is 5. The maximum Gasteiger partial charge on any atom is 0.337 e. The standard InChI is InChI=1S/C6H9N3O2.C6H5NO2/c7-5(6(10)11)1-4-2-8-3-9-4;8-6(9)5-2-1-3-7-4-5/h2-3,5H,1,7H2,(H,8,9)(H,10,11);1-4H,(H,8,9). The summed E-state index contributed by atoms with van der Waals surface area (Å²) in [7, 11) is 0. The number of carboxylic acids is 2. The average Bonchev–Trinajstić information content (AvgIpc) is 2.93. The van der Waals surface area contributed by atoms with E-state index in [9.17, 15) is 9.59 Å². The zero-order chi connectivity index (χ0) is 15.0. The smallest absolute Gasteiger partial charge is 0.337 e. The second-order valence-corrected chi connectivity index (χ2v) is 3.76. The molecule has 8 nitrogen and oxygen atoms in total. The van der Waals surface area contributed by atoms with E-state index in [0.717, 1.165) is 0 Å². The summed E-state index contributed by atoms with van der Waals surface area (Å²) in [6, 6.07) is 2.22. The summed E-state index contributed by atoms with van der Waals surface area (Å²) in [6.45, 7) is 0. The van der Waals surface area contributed by atoms with Crippen LogP contribution >= 0.6 is 0 Å². The van der Waals surface area contributed by atoms with Gasteiger partial charge < -0.3 is 20.9 Å². The van der Waals surface area contributed by atoms with Gasteiger partial charge in [0.05, 0.1) is 17.6 Å². The number of rotatable bonds is 4. The predicted molar refractivity (Wildman–Crippen MR) is 69.1 cm³/mol. The van der Waals surface area contributed by atoms with E-state index in [1.807, 2.05) is 0 Å². The molecule has 0 fully saturated rings. The molecular formula is C12H14N4O4. The number of aromatic carboxylic acids is 1. The third-order valence-electron chi connectivity index (χ3n) is 2.21. The fraction of sp³-hybridized carbons (Fsp3) is 0.167. The molecule has 2 aromatic rings. The summed E-state index contributed by atoms with van der Waals surface area (Å²) in [5.74, 6) is -1.95. The van der Waals surface area contributed by atoms with Crippen LogP contribution in [0.1, 0.15) is 16.1 Å². The van der Waals surface area contributed by atoms with Crippen molar-refractivity contribution in [1.29, 1.82) is 0 Å². The van der Waals surface area contributed by atoms with Gasteiger partial charge in [-0.15, -0.1) is 0 Å². The van der Waals surface area contributed by atoms with E-state index in [2.05, 4.69) is 15.0 Å². The van der Waals surface area contributed by atoms with Crippen LogP contribution in [0.4, 0.5) is 0 Å². The number of H-pyrrole nitrogens is 1. The Kier molecular flexibility index (Phi) is 5.85. The lowest BCUT2D eigenvalue weighted by Gasteiger charge is -2.01. The van der Waals surface area contributed by atoms with E-state index in [1.54, 1.807) is 12.3 Å². The summed E-state index contributed by atoms with van der Waals surface area (Å²) in [5.41, 5.74) is 6.14. The highest BCUT2D eigenvalue weighted by molar-refractivity contribution is 5.86. The summed E-state index contributed by atoms with van der Waals surface area (Å²) in [4.78, 5) is 30.6. The van der Waals surface area contributed by atoms with Crippen molar-refractivity contribution >= 4 is 11.9 Å². The number of nitrogens with one attached hydrogen (secondary N) is 1. The van der Waals surface area contributed by atoms with Gasteiger partial charge in [0, 0.05) is 25.0 Å². The molecule has 2 aromatic heterocycles. The first-order valence-electron chi connectivity index (χ1n) is 5.60. The van der Waals surface area contributed by atoms with Crippen molar-refractivity contribution in [2.45, 2.75) is 12.5 Å². The van der Waals surface area contributed by atoms with E-state index in [-0.39, 0.29) is 12.0 Å². The maximum atomic E-state index is 10.3. The molecular weight excluding hydrogens is 264 g/mol. The Morgan fingerprint density at radius 2 is 2.15 bits per heavy atom. The Morgan fingerprint density at radius 1 is 1.40 bits per heavy atom. The SMILES string of the molecule is NC(Cc1c[nH]cn1)C(=O)O.O=C(O)c1cccnc1. The van der Waals surface area contributed by atoms with Gasteiger partial charge >= 0.3 is 11.9 Å². The molecule has 1 unspecified atom stereocenters. The number of aliphatic carboxylic acids is 1. The molecule has 0 bridgehead atoms. The molecule has 0 radical (unpaired) electrons. The number of nitrogens with zero attached hydrogens (tertiary/aromatic N) is 2. The lowest BCUT2D eigenvalue weighted by Crippen LogP contribution is -2.32. The largest absolute Gasteiger partial charge is 0.480 e. The Hall–Kier alpha value is -2.74. The van der Waals surface area contributed by atoms with Crippen molar-refractivity contribution in [2.75, 3.05) is 0 Å². The van der Waals surface area contributed by atoms with Crippen LogP contribution in [0.25, 0.3) is 0 Å². The minimum atomic E-state index is -1.01. The lowest BCUT2D eigenvalue weighted by atomic mass is 10.2. The zero-order valence-electron chi connectivity index (χ0n) is 10.4. The van der Waals surface area contributed by atoms with Crippen LogP contribution in [0.2, 0.25) is 0 Å². The Balaban J connectivity index is 0.000000204. The maximum absolute atomic E-state index is 10.3. The van der Waals surface area contributed by atoms with E-state index < -0.39 is 18.0 Å². The summed E-state index contributed by atoms with van der Waals surface area (Å²) < 4.78 is 0. The van der Waals surface area contributed by atoms with Crippen molar-refractivity contribution in [1.82, 2.24) is 15.0 Å². The second-order valence-electron chi connectivity index (χ2n) is 3.76. The summed E-state index contributed by atoms with van der Waals surface area (Å²) in [5, 5.41) is 16.8. The van der Waals surface area contributed by atoms with Crippen LogP contribution in [0.5, 0.6) is 0 Å². The van der Waals surface area contributed by atoms with Gasteiger partial charge in [0.25, 0.3) is 0 Å². The fourth-order valence-corrected chi connectivity index (χ4v) is 1.20. The Labute approximate surface area is 114 Å². The van der Waals surface area contributed by atoms with Crippen LogP contribution in [0.3, 0.4) is 0 Å². The lowest BCUT2D eigenvalue weighted by molar-refractivity contribution is -0.138. The van der Waals surface area contributed by atoms with Gasteiger partial charge in [-0.2, -0.15) is 0 Å². The number of imidazole rings is 1. The number of carboxylic acid groups (broad SMARTS) is 2. The molecule has 1 atom stereocenters. The molecule has 20 heavy (non-hydrogen) atoms. The number of aromatic amines is 1. The molecule has 0 aliphatic rings. The Bertz CT molecular complexity index is 542. The van der Waals surface area contributed by atoms with Crippen LogP contribution < -0.4 is 5.73 Å². The molecule has 2 rings (SSSR count). The topological polar surface area (TPSA) is 142 Å². The van der Waals surface area contributed by atoms with Crippen molar-refractivity contribution in [2.24, 2.45) is 5.73 Å². The third kappa shape index (κ3) is 5.27. The monoisotopic (exact) mass is 278 g/mol. The van der Waals surface area contributed by atoms with Crippen LogP contribution in [0.15, 0.2) is 37.1 Å². The normalized spacial score (nSPS) is 11.1. The van der Waals surface area contributed by atoms with Gasteiger partial charge in [-0.25, -0.2) is 9.78 Å². The Morgan fingerprint density at radius 3 is 2.55 bits per heavy atom. The van der Waals surface area contributed by atoms with Gasteiger partial charge in [-0.1, -0.05) is 0 Å². The van der Waals surface area contributed by atoms with Crippen LogP contribution in [0, 0.1) is 0 Å². The number of aromatic nitrogens is 3. The number of nitrogens with two attached hydrogens (primary N) is 1. The van der Waals surface area contributed by atoms with Gasteiger partial charge in [0.15, 0.2) is 0 Å². The van der Waals surface area contributed by atoms with Gasteiger partial charge in [0.1, 0.15) is 6.04 Å². The first kappa shape index (κ1) is 15.3. The molecule has 0 saturated heterocycles. The molecule has 2 heterocycles. The van der Waals surface area contributed by atoms with E-state index in [4.69, 9.17) is 15.9 Å². The summed E-state index contributed by atoms with van der Waals surface area (Å²) in [6.07, 6.45) is 6.22. The molecule has 0 aromatic carbocycles. The highest BCUT2D eigenvalue weighted by atomic mass is 16.4. The third-order valence-corrected chi connectivity index (χ3v) is 2.21. The van der Waals surface area contributed by atoms with E-state index in [0.29, 0.717) is 5.69 Å². The first-order valence-corrected chi connectivity index (χ1v) is 5.60. The predicted octanol–water partition coefficient (Wildman–Crippen LogP) is 0.144. The first-order chi connectivity index (χ1) is 9.50. The molecule has 106 valence electrons. The van der Waals surface area contributed by atoms with Gasteiger partial charge in [-0.05, 0) is 12.1 Å². The van der Waals surface area contributed by atoms with Gasteiger partial charge in [-0.3, -0.25) is 9.78 Å². The van der Waals surface area contributed by atoms with Crippen molar-refractivity contribution in [3.05, 3.63) is 48.3 Å². The second kappa shape index (κ2) is 7.64. The van der Waals surface area contributed by atoms with Crippen molar-refractivity contribution < 1.29 is 19.8 Å². The highest BCUT2D eigenvalue weighted by Crippen LogP contribution is 1.95. The zero-order valence-corrected chi connectivity index (χ0v) is 10.4. The van der Waals surface area contributed by atoms with Crippen LogP contribution in [-0.4, -0.2) is 43.1 Å². The minimum Gasteiger partial charge on any atom is -0.480 e. The molecule has 0 amide bonds. The van der Waals surface area contributed by atoms with Crippen molar-refractivity contribution in [3.63, 3.8) is 0 Å².